The SMILES string of the molecule is CN(C(=O)NC1CCC(c2cc(Cl)cc(Cl)c2)CC1)C1CCN(C(=O)OC(C)(C)C)CC1. The smallest absolute Gasteiger partial charge is 0.410 e. The van der Waals surface area contributed by atoms with Crippen molar-refractivity contribution in [3.05, 3.63) is 33.8 Å². The maximum Gasteiger partial charge on any atom is 0.410 e. The van der Waals surface area contributed by atoms with Gasteiger partial charge < -0.3 is 19.9 Å². The van der Waals surface area contributed by atoms with E-state index in [1.807, 2.05) is 40.0 Å². The van der Waals surface area contributed by atoms with Gasteiger partial charge in [-0.1, -0.05) is 23.2 Å². The zero-order chi connectivity index (χ0) is 23.5. The zero-order valence-electron chi connectivity index (χ0n) is 19.5. The highest BCUT2D eigenvalue weighted by Crippen LogP contribution is 2.35. The maximum atomic E-state index is 12.8. The Balaban J connectivity index is 1.43. The Bertz CT molecular complexity index is 791. The van der Waals surface area contributed by atoms with Crippen molar-refractivity contribution in [2.24, 2.45) is 0 Å². The van der Waals surface area contributed by atoms with E-state index < -0.39 is 5.60 Å². The van der Waals surface area contributed by atoms with Gasteiger partial charge in [0.1, 0.15) is 5.60 Å². The van der Waals surface area contributed by atoms with Gasteiger partial charge in [0.2, 0.25) is 0 Å². The Morgan fingerprint density at radius 3 is 2.09 bits per heavy atom. The third-order valence-corrected chi connectivity index (χ3v) is 6.83. The largest absolute Gasteiger partial charge is 0.444 e. The first kappa shape index (κ1) is 25.0. The van der Waals surface area contributed by atoms with Gasteiger partial charge in [-0.2, -0.15) is 0 Å². The fraction of sp³-hybridized carbons (Fsp3) is 0.667. The van der Waals surface area contributed by atoms with E-state index in [0.29, 0.717) is 29.1 Å². The monoisotopic (exact) mass is 483 g/mol. The molecule has 178 valence electrons. The summed E-state index contributed by atoms with van der Waals surface area (Å²) in [5, 5.41) is 4.54. The molecule has 1 aliphatic carbocycles. The summed E-state index contributed by atoms with van der Waals surface area (Å²) < 4.78 is 5.45. The lowest BCUT2D eigenvalue weighted by Gasteiger charge is -2.38. The molecule has 0 aromatic heterocycles. The number of carbonyl (C=O) groups excluding carboxylic acids is 2. The van der Waals surface area contributed by atoms with Gasteiger partial charge in [-0.15, -0.1) is 0 Å². The van der Waals surface area contributed by atoms with Crippen molar-refractivity contribution in [1.29, 1.82) is 0 Å². The molecule has 8 heteroatoms. The van der Waals surface area contributed by atoms with Crippen molar-refractivity contribution in [2.75, 3.05) is 20.1 Å². The van der Waals surface area contributed by atoms with Crippen molar-refractivity contribution < 1.29 is 14.3 Å². The minimum atomic E-state index is -0.497. The topological polar surface area (TPSA) is 61.9 Å². The molecule has 2 fully saturated rings. The summed E-state index contributed by atoms with van der Waals surface area (Å²) in [5.74, 6) is 0.425. The summed E-state index contributed by atoms with van der Waals surface area (Å²) in [6, 6.07) is 6.01. The molecule has 0 spiro atoms. The molecule has 1 aromatic carbocycles. The standard InChI is InChI=1S/C24H35Cl2N3O3/c1-24(2,3)32-23(31)29-11-9-21(10-12-29)28(4)22(30)27-20-7-5-16(6-8-20)17-13-18(25)15-19(26)14-17/h13-16,20-21H,5-12H2,1-4H3,(H,27,30). The van der Waals surface area contributed by atoms with Crippen molar-refractivity contribution in [1.82, 2.24) is 15.1 Å². The van der Waals surface area contributed by atoms with E-state index in [-0.39, 0.29) is 24.2 Å². The van der Waals surface area contributed by atoms with Crippen molar-refractivity contribution in [2.45, 2.75) is 82.9 Å². The minimum absolute atomic E-state index is 0.0324. The average molecular weight is 484 g/mol. The van der Waals surface area contributed by atoms with Gasteiger partial charge in [0.05, 0.1) is 0 Å². The Labute approximate surface area is 201 Å². The number of hydrogen-bond donors (Lipinski definition) is 1. The van der Waals surface area contributed by atoms with Crippen molar-refractivity contribution in [3.63, 3.8) is 0 Å². The van der Waals surface area contributed by atoms with Gasteiger partial charge in [0.25, 0.3) is 0 Å². The Morgan fingerprint density at radius 2 is 1.56 bits per heavy atom. The van der Waals surface area contributed by atoms with Crippen LogP contribution in [0.4, 0.5) is 9.59 Å². The van der Waals surface area contributed by atoms with Crippen LogP contribution in [0.15, 0.2) is 18.2 Å². The van der Waals surface area contributed by atoms with Crippen LogP contribution in [0, 0.1) is 0 Å². The second-order valence-corrected chi connectivity index (χ2v) is 10.9. The third kappa shape index (κ3) is 6.92. The Morgan fingerprint density at radius 1 is 1.00 bits per heavy atom. The molecular weight excluding hydrogens is 449 g/mol. The molecule has 2 aliphatic rings. The number of piperidine rings is 1. The van der Waals surface area contributed by atoms with Crippen LogP contribution in [-0.2, 0) is 4.74 Å². The van der Waals surface area contributed by atoms with E-state index in [0.717, 1.165) is 38.5 Å². The molecule has 1 heterocycles. The molecule has 1 saturated carbocycles. The number of amides is 3. The molecule has 0 radical (unpaired) electrons. The summed E-state index contributed by atoms with van der Waals surface area (Å²) in [6.07, 6.45) is 5.10. The molecule has 1 aliphatic heterocycles. The molecule has 32 heavy (non-hydrogen) atoms. The van der Waals surface area contributed by atoms with Crippen LogP contribution in [0.3, 0.4) is 0 Å². The molecule has 6 nitrogen and oxygen atoms in total. The maximum absolute atomic E-state index is 12.8. The summed E-state index contributed by atoms with van der Waals surface area (Å²) in [4.78, 5) is 28.6. The van der Waals surface area contributed by atoms with Gasteiger partial charge in [-0.05, 0) is 89.0 Å². The lowest BCUT2D eigenvalue weighted by molar-refractivity contribution is 0.0172. The number of rotatable bonds is 3. The number of urea groups is 1. The highest BCUT2D eigenvalue weighted by atomic mass is 35.5. The summed E-state index contributed by atoms with van der Waals surface area (Å²) in [6.45, 7) is 6.81. The second-order valence-electron chi connectivity index (χ2n) is 10.0. The molecule has 1 N–H and O–H groups in total. The van der Waals surface area contributed by atoms with E-state index in [9.17, 15) is 9.59 Å². The van der Waals surface area contributed by atoms with E-state index >= 15 is 0 Å². The molecule has 0 unspecified atom stereocenters. The molecule has 3 rings (SSSR count). The van der Waals surface area contributed by atoms with E-state index in [2.05, 4.69) is 5.32 Å². The van der Waals surface area contributed by atoms with Gasteiger partial charge in [0.15, 0.2) is 0 Å². The number of likely N-dealkylation sites (tertiary alicyclic amines) is 1. The lowest BCUT2D eigenvalue weighted by Crippen LogP contribution is -2.52. The zero-order valence-corrected chi connectivity index (χ0v) is 21.0. The fourth-order valence-corrected chi connectivity index (χ4v) is 5.13. The van der Waals surface area contributed by atoms with Crippen LogP contribution < -0.4 is 5.32 Å². The fourth-order valence-electron chi connectivity index (χ4n) is 4.59. The highest BCUT2D eigenvalue weighted by molar-refractivity contribution is 6.34. The lowest BCUT2D eigenvalue weighted by atomic mass is 9.82. The minimum Gasteiger partial charge on any atom is -0.444 e. The number of halogens is 2. The first-order valence-electron chi connectivity index (χ1n) is 11.5. The Kier molecular flexibility index (Phi) is 8.21. The number of nitrogens with zero attached hydrogens (tertiary/aromatic N) is 2. The first-order chi connectivity index (χ1) is 15.0. The second kappa shape index (κ2) is 10.5. The molecule has 1 saturated heterocycles. The normalized spacial score (nSPS) is 22.4. The number of ether oxygens (including phenoxy) is 1. The number of carbonyl (C=O) groups is 2. The van der Waals surface area contributed by atoms with E-state index in [4.69, 9.17) is 27.9 Å². The molecular formula is C24H35Cl2N3O3. The molecule has 3 amide bonds. The average Bonchev–Trinajstić information content (AvgIpc) is 2.72. The van der Waals surface area contributed by atoms with Gasteiger partial charge in [0, 0.05) is 42.3 Å². The van der Waals surface area contributed by atoms with Gasteiger partial charge >= 0.3 is 12.1 Å². The molecule has 0 atom stereocenters. The molecule has 1 aromatic rings. The van der Waals surface area contributed by atoms with E-state index in [1.165, 1.54) is 5.56 Å². The summed E-state index contributed by atoms with van der Waals surface area (Å²) >= 11 is 12.3. The number of hydrogen-bond acceptors (Lipinski definition) is 3. The van der Waals surface area contributed by atoms with Crippen LogP contribution >= 0.6 is 23.2 Å². The van der Waals surface area contributed by atoms with Crippen LogP contribution in [0.25, 0.3) is 0 Å². The Hall–Kier alpha value is -1.66. The van der Waals surface area contributed by atoms with Crippen molar-refractivity contribution >= 4 is 35.3 Å². The number of nitrogens with one attached hydrogen (secondary N) is 1. The van der Waals surface area contributed by atoms with Gasteiger partial charge in [-0.25, -0.2) is 9.59 Å². The first-order valence-corrected chi connectivity index (χ1v) is 12.2. The predicted molar refractivity (Wildman–Crippen MR) is 129 cm³/mol. The molecule has 0 bridgehead atoms. The summed E-state index contributed by atoms with van der Waals surface area (Å²) in [5.41, 5.74) is 0.684. The predicted octanol–water partition coefficient (Wildman–Crippen LogP) is 6.06. The third-order valence-electron chi connectivity index (χ3n) is 6.40. The number of benzene rings is 1. The highest BCUT2D eigenvalue weighted by Gasteiger charge is 2.31. The van der Waals surface area contributed by atoms with Crippen LogP contribution in [0.5, 0.6) is 0 Å². The quantitative estimate of drug-likeness (QED) is 0.567. The van der Waals surface area contributed by atoms with Crippen LogP contribution in [0.2, 0.25) is 10.0 Å². The van der Waals surface area contributed by atoms with Crippen LogP contribution in [0.1, 0.15) is 70.8 Å². The van der Waals surface area contributed by atoms with Crippen molar-refractivity contribution in [3.8, 4) is 0 Å². The van der Waals surface area contributed by atoms with Gasteiger partial charge in [-0.3, -0.25) is 0 Å². The van der Waals surface area contributed by atoms with E-state index in [1.54, 1.807) is 15.9 Å². The summed E-state index contributed by atoms with van der Waals surface area (Å²) in [7, 11) is 1.85. The van der Waals surface area contributed by atoms with Crippen LogP contribution in [-0.4, -0.2) is 59.7 Å².